The van der Waals surface area contributed by atoms with E-state index in [9.17, 15) is 9.59 Å². The van der Waals surface area contributed by atoms with Crippen LogP contribution in [0.5, 0.6) is 0 Å². The Kier molecular flexibility index (Phi) is 7.66. The van der Waals surface area contributed by atoms with Gasteiger partial charge in [-0.3, -0.25) is 9.36 Å². The van der Waals surface area contributed by atoms with Gasteiger partial charge in [0.05, 0.1) is 28.5 Å². The largest absolute Gasteiger partial charge is 0.463 e. The van der Waals surface area contributed by atoms with Crippen molar-refractivity contribution in [3.8, 4) is 0 Å². The number of hydrogen-bond acceptors (Lipinski definition) is 8. The third-order valence-electron chi connectivity index (χ3n) is 7.26. The zero-order valence-corrected chi connectivity index (χ0v) is 24.3. The first-order chi connectivity index (χ1) is 19.9. The lowest BCUT2D eigenvalue weighted by atomic mass is 9.93. The molecule has 0 spiro atoms. The molecule has 10 heteroatoms. The first-order valence-electron chi connectivity index (χ1n) is 13.5. The van der Waals surface area contributed by atoms with Crippen LogP contribution in [0.25, 0.3) is 11.8 Å². The maximum atomic E-state index is 14.0. The van der Waals surface area contributed by atoms with Crippen LogP contribution in [-0.2, 0) is 9.53 Å². The van der Waals surface area contributed by atoms with E-state index < -0.39 is 12.0 Å². The Morgan fingerprint density at radius 2 is 1.80 bits per heavy atom. The summed E-state index contributed by atoms with van der Waals surface area (Å²) in [7, 11) is 2.11. The minimum absolute atomic E-state index is 0.191. The molecule has 1 fully saturated rings. The number of benzene rings is 2. The van der Waals surface area contributed by atoms with Gasteiger partial charge in [0.2, 0.25) is 0 Å². The van der Waals surface area contributed by atoms with Crippen molar-refractivity contribution < 1.29 is 13.9 Å². The average Bonchev–Trinajstić information content (AvgIpc) is 3.58. The highest BCUT2D eigenvalue weighted by Crippen LogP contribution is 2.35. The number of carbonyl (C=O) groups is 1. The number of nitrogens with zero attached hydrogens (tertiary/aromatic N) is 4. The molecule has 0 radical (unpaired) electrons. The summed E-state index contributed by atoms with van der Waals surface area (Å²) < 4.78 is 13.7. The van der Waals surface area contributed by atoms with Crippen LogP contribution in [0, 0.1) is 0 Å². The Morgan fingerprint density at radius 3 is 2.51 bits per heavy atom. The summed E-state index contributed by atoms with van der Waals surface area (Å²) in [6.45, 7) is 5.64. The third kappa shape index (κ3) is 5.40. The maximum absolute atomic E-state index is 14.0. The van der Waals surface area contributed by atoms with Crippen molar-refractivity contribution in [3.05, 3.63) is 114 Å². The molecule has 0 saturated carbocycles. The lowest BCUT2D eigenvalue weighted by Crippen LogP contribution is -2.44. The van der Waals surface area contributed by atoms with E-state index in [-0.39, 0.29) is 12.2 Å². The number of hydrogen-bond donors (Lipinski definition) is 0. The van der Waals surface area contributed by atoms with Gasteiger partial charge in [0.1, 0.15) is 5.76 Å². The molecular weight excluding hydrogens is 560 g/mol. The van der Waals surface area contributed by atoms with Crippen molar-refractivity contribution in [2.24, 2.45) is 4.99 Å². The van der Waals surface area contributed by atoms with Gasteiger partial charge in [0.15, 0.2) is 10.7 Å². The minimum Gasteiger partial charge on any atom is -0.463 e. The van der Waals surface area contributed by atoms with Gasteiger partial charge in [0.25, 0.3) is 5.56 Å². The Bertz CT molecular complexity index is 1780. The SMILES string of the molecule is CCOC(=O)C1=C(c2ccccc2)N=c2s/c(=C/c3ccc(N4CCN(C)CC4)o3)c(=O)n2C1c1ccc(Cl)cc1. The van der Waals surface area contributed by atoms with Crippen molar-refractivity contribution >= 4 is 46.6 Å². The molecule has 8 nitrogen and oxygen atoms in total. The van der Waals surface area contributed by atoms with Crippen LogP contribution in [-0.4, -0.2) is 55.3 Å². The van der Waals surface area contributed by atoms with E-state index >= 15 is 0 Å². The van der Waals surface area contributed by atoms with Gasteiger partial charge in [-0.05, 0) is 37.7 Å². The molecule has 2 aliphatic heterocycles. The second-order valence-electron chi connectivity index (χ2n) is 9.95. The second-order valence-corrected chi connectivity index (χ2v) is 11.4. The number of rotatable bonds is 6. The molecule has 210 valence electrons. The number of esters is 1. The summed E-state index contributed by atoms with van der Waals surface area (Å²) in [5.74, 6) is 0.847. The van der Waals surface area contributed by atoms with Crippen molar-refractivity contribution in [1.82, 2.24) is 9.47 Å². The fraction of sp³-hybridized carbons (Fsp3) is 0.258. The summed E-state index contributed by atoms with van der Waals surface area (Å²) in [6.07, 6.45) is 1.75. The summed E-state index contributed by atoms with van der Waals surface area (Å²) in [6, 6.07) is 19.7. The molecule has 0 N–H and O–H groups in total. The van der Waals surface area contributed by atoms with Crippen LogP contribution in [0.1, 0.15) is 29.9 Å². The van der Waals surface area contributed by atoms with Crippen LogP contribution in [0.2, 0.25) is 5.02 Å². The van der Waals surface area contributed by atoms with Gasteiger partial charge < -0.3 is 19.0 Å². The van der Waals surface area contributed by atoms with E-state index in [1.54, 1.807) is 29.7 Å². The molecule has 2 aromatic carbocycles. The van der Waals surface area contributed by atoms with E-state index in [1.165, 1.54) is 11.3 Å². The average molecular weight is 589 g/mol. The fourth-order valence-electron chi connectivity index (χ4n) is 5.15. The van der Waals surface area contributed by atoms with Crippen LogP contribution < -0.4 is 19.8 Å². The van der Waals surface area contributed by atoms with Crippen molar-refractivity contribution in [3.63, 3.8) is 0 Å². The molecule has 4 heterocycles. The fourth-order valence-corrected chi connectivity index (χ4v) is 6.25. The van der Waals surface area contributed by atoms with Gasteiger partial charge in [0, 0.05) is 48.9 Å². The van der Waals surface area contributed by atoms with Crippen LogP contribution in [0.4, 0.5) is 5.88 Å². The monoisotopic (exact) mass is 588 g/mol. The number of anilines is 1. The Morgan fingerprint density at radius 1 is 1.07 bits per heavy atom. The number of carbonyl (C=O) groups excluding carboxylic acids is 1. The number of thiazole rings is 1. The highest BCUT2D eigenvalue weighted by atomic mass is 35.5. The predicted molar refractivity (Wildman–Crippen MR) is 161 cm³/mol. The molecule has 6 rings (SSSR count). The topological polar surface area (TPSA) is 80.3 Å². The standard InChI is InChI=1S/C31H29ClN4O4S/c1-3-39-30(38)26-27(20-7-5-4-6-8-20)33-31-36(28(26)21-9-11-22(32)12-10-21)29(37)24(41-31)19-23-13-14-25(40-23)35-17-15-34(2)16-18-35/h4-14,19,28H,3,15-18H2,1-2H3/b24-19+. The van der Waals surface area contributed by atoms with Gasteiger partial charge in [-0.2, -0.15) is 0 Å². The number of aromatic nitrogens is 1. The molecule has 1 unspecified atom stereocenters. The minimum atomic E-state index is -0.752. The van der Waals surface area contributed by atoms with Crippen LogP contribution in [0.15, 0.2) is 86.5 Å². The van der Waals surface area contributed by atoms with Crippen molar-refractivity contribution in [2.75, 3.05) is 44.7 Å². The molecule has 1 saturated heterocycles. The van der Waals surface area contributed by atoms with Crippen LogP contribution in [0.3, 0.4) is 0 Å². The molecule has 2 aromatic heterocycles. The lowest BCUT2D eigenvalue weighted by molar-refractivity contribution is -0.138. The maximum Gasteiger partial charge on any atom is 0.338 e. The highest BCUT2D eigenvalue weighted by molar-refractivity contribution is 7.07. The van der Waals surface area contributed by atoms with Gasteiger partial charge in [-0.25, -0.2) is 9.79 Å². The lowest BCUT2D eigenvalue weighted by Gasteiger charge is -2.32. The van der Waals surface area contributed by atoms with Gasteiger partial charge in [-0.15, -0.1) is 0 Å². The third-order valence-corrected chi connectivity index (χ3v) is 8.50. The van der Waals surface area contributed by atoms with Crippen LogP contribution >= 0.6 is 22.9 Å². The number of fused-ring (bicyclic) bond motifs is 1. The molecule has 41 heavy (non-hydrogen) atoms. The number of piperazine rings is 1. The zero-order chi connectivity index (χ0) is 28.5. The summed E-state index contributed by atoms with van der Waals surface area (Å²) in [5.41, 5.74) is 2.00. The van der Waals surface area contributed by atoms with E-state index in [1.807, 2.05) is 54.6 Å². The normalized spacial score (nSPS) is 17.9. The molecular formula is C31H29ClN4O4S. The molecule has 0 amide bonds. The number of halogens is 1. The molecule has 2 aliphatic rings. The van der Waals surface area contributed by atoms with E-state index in [0.717, 1.165) is 43.2 Å². The van der Waals surface area contributed by atoms with Gasteiger partial charge >= 0.3 is 5.97 Å². The summed E-state index contributed by atoms with van der Waals surface area (Å²) in [4.78, 5) is 37.4. The second kappa shape index (κ2) is 11.5. The molecule has 1 atom stereocenters. The predicted octanol–water partition coefficient (Wildman–Crippen LogP) is 3.93. The Labute approximate surface area is 246 Å². The van der Waals surface area contributed by atoms with E-state index in [0.29, 0.717) is 31.4 Å². The smallest absolute Gasteiger partial charge is 0.338 e. The zero-order valence-electron chi connectivity index (χ0n) is 22.7. The summed E-state index contributed by atoms with van der Waals surface area (Å²) >= 11 is 7.47. The van der Waals surface area contributed by atoms with Crippen molar-refractivity contribution in [2.45, 2.75) is 13.0 Å². The molecule has 0 aliphatic carbocycles. The highest BCUT2D eigenvalue weighted by Gasteiger charge is 2.35. The number of ether oxygens (including phenoxy) is 1. The Balaban J connectivity index is 1.51. The number of likely N-dealkylation sites (N-methyl/N-ethyl adjacent to an activating group) is 1. The quantitative estimate of drug-likeness (QED) is 0.318. The first-order valence-corrected chi connectivity index (χ1v) is 14.7. The van der Waals surface area contributed by atoms with Crippen molar-refractivity contribution in [1.29, 1.82) is 0 Å². The Hall–Kier alpha value is -3.92. The van der Waals surface area contributed by atoms with Gasteiger partial charge in [-0.1, -0.05) is 65.4 Å². The molecule has 4 aromatic rings. The number of furan rings is 1. The first kappa shape index (κ1) is 27.3. The van der Waals surface area contributed by atoms with E-state index in [2.05, 4.69) is 16.8 Å². The summed E-state index contributed by atoms with van der Waals surface area (Å²) in [5, 5.41) is 0.556. The molecule has 0 bridgehead atoms. The van der Waals surface area contributed by atoms with E-state index in [4.69, 9.17) is 25.7 Å².